The SMILES string of the molecule is CN=C(NCc1cc(OC)c(OC)c(OC)c1)NCC(C)(C)S(C)(=O)=O. The Balaban J connectivity index is 2.84. The molecule has 0 bridgehead atoms. The molecule has 148 valence electrons. The van der Waals surface area contributed by atoms with Gasteiger partial charge in [-0.15, -0.1) is 0 Å². The van der Waals surface area contributed by atoms with Crippen LogP contribution in [0.5, 0.6) is 17.2 Å². The van der Waals surface area contributed by atoms with Crippen LogP contribution in [-0.2, 0) is 16.4 Å². The first kappa shape index (κ1) is 21.9. The Morgan fingerprint density at radius 3 is 2.00 bits per heavy atom. The molecule has 1 aromatic rings. The smallest absolute Gasteiger partial charge is 0.203 e. The van der Waals surface area contributed by atoms with Gasteiger partial charge in [0.2, 0.25) is 5.75 Å². The van der Waals surface area contributed by atoms with E-state index >= 15 is 0 Å². The minimum absolute atomic E-state index is 0.237. The number of hydrogen-bond acceptors (Lipinski definition) is 6. The van der Waals surface area contributed by atoms with Crippen molar-refractivity contribution in [2.24, 2.45) is 4.99 Å². The van der Waals surface area contributed by atoms with Crippen LogP contribution in [0, 0.1) is 0 Å². The van der Waals surface area contributed by atoms with Gasteiger partial charge in [0.25, 0.3) is 0 Å². The molecule has 0 amide bonds. The summed E-state index contributed by atoms with van der Waals surface area (Å²) in [7, 11) is 3.10. The van der Waals surface area contributed by atoms with Gasteiger partial charge in [-0.3, -0.25) is 4.99 Å². The van der Waals surface area contributed by atoms with E-state index in [-0.39, 0.29) is 6.54 Å². The first-order valence-corrected chi connectivity index (χ1v) is 9.91. The fourth-order valence-corrected chi connectivity index (χ4v) is 2.41. The Hall–Kier alpha value is -2.16. The number of benzene rings is 1. The molecule has 0 aliphatic carbocycles. The second-order valence-electron chi connectivity index (χ2n) is 6.34. The Morgan fingerprint density at radius 2 is 1.62 bits per heavy atom. The molecule has 0 aliphatic heterocycles. The van der Waals surface area contributed by atoms with E-state index in [4.69, 9.17) is 14.2 Å². The van der Waals surface area contributed by atoms with Gasteiger partial charge in [-0.1, -0.05) is 0 Å². The largest absolute Gasteiger partial charge is 0.493 e. The fraction of sp³-hybridized carbons (Fsp3) is 0.588. The number of aliphatic imine (C=N–C) groups is 1. The number of nitrogens with one attached hydrogen (secondary N) is 2. The van der Waals surface area contributed by atoms with E-state index < -0.39 is 14.6 Å². The molecule has 0 atom stereocenters. The maximum absolute atomic E-state index is 11.8. The predicted octanol–water partition coefficient (Wildman–Crippen LogP) is 1.20. The maximum Gasteiger partial charge on any atom is 0.203 e. The van der Waals surface area contributed by atoms with Crippen LogP contribution in [0.2, 0.25) is 0 Å². The average molecular weight is 388 g/mol. The molecule has 1 aromatic carbocycles. The Bertz CT molecular complexity index is 720. The highest BCUT2D eigenvalue weighted by Crippen LogP contribution is 2.38. The lowest BCUT2D eigenvalue weighted by Gasteiger charge is -2.24. The lowest BCUT2D eigenvalue weighted by molar-refractivity contribution is 0.323. The van der Waals surface area contributed by atoms with E-state index in [0.29, 0.717) is 29.8 Å². The minimum atomic E-state index is -3.19. The van der Waals surface area contributed by atoms with E-state index in [9.17, 15) is 8.42 Å². The standard InChI is InChI=1S/C17H29N3O5S/c1-17(2,26(7,21)22)11-20-16(18-3)19-10-12-8-13(23-4)15(25-6)14(9-12)24-5/h8-9H,10-11H2,1-7H3,(H2,18,19,20). The van der Waals surface area contributed by atoms with E-state index in [1.807, 2.05) is 12.1 Å². The fourth-order valence-electron chi connectivity index (χ4n) is 2.07. The lowest BCUT2D eigenvalue weighted by atomic mass is 10.1. The van der Waals surface area contributed by atoms with Crippen molar-refractivity contribution in [3.05, 3.63) is 17.7 Å². The van der Waals surface area contributed by atoms with Crippen LogP contribution in [0.15, 0.2) is 17.1 Å². The molecule has 2 N–H and O–H groups in total. The summed E-state index contributed by atoms with van der Waals surface area (Å²) in [5.41, 5.74) is 0.893. The summed E-state index contributed by atoms with van der Waals surface area (Å²) < 4.78 is 38.7. The van der Waals surface area contributed by atoms with Gasteiger partial charge in [0, 0.05) is 26.4 Å². The molecule has 0 fully saturated rings. The van der Waals surface area contributed by atoms with Gasteiger partial charge in [0.15, 0.2) is 27.3 Å². The third-order valence-electron chi connectivity index (χ3n) is 4.09. The highest BCUT2D eigenvalue weighted by molar-refractivity contribution is 7.92. The predicted molar refractivity (Wildman–Crippen MR) is 103 cm³/mol. The molecule has 0 unspecified atom stereocenters. The van der Waals surface area contributed by atoms with Crippen molar-refractivity contribution in [2.45, 2.75) is 25.1 Å². The summed E-state index contributed by atoms with van der Waals surface area (Å²) in [6, 6.07) is 3.67. The Kier molecular flexibility index (Phi) is 7.55. The van der Waals surface area contributed by atoms with Crippen molar-refractivity contribution in [3.63, 3.8) is 0 Å². The van der Waals surface area contributed by atoms with E-state index in [0.717, 1.165) is 5.56 Å². The van der Waals surface area contributed by atoms with Crippen LogP contribution in [0.4, 0.5) is 0 Å². The van der Waals surface area contributed by atoms with Crippen molar-refractivity contribution in [3.8, 4) is 17.2 Å². The maximum atomic E-state index is 11.8. The number of sulfone groups is 1. The van der Waals surface area contributed by atoms with E-state index in [1.54, 1.807) is 42.2 Å². The quantitative estimate of drug-likeness (QED) is 0.511. The van der Waals surface area contributed by atoms with Crippen molar-refractivity contribution >= 4 is 15.8 Å². The Labute approximate surface area is 155 Å². The number of rotatable bonds is 8. The van der Waals surface area contributed by atoms with Gasteiger partial charge in [0.1, 0.15) is 0 Å². The zero-order valence-corrected chi connectivity index (χ0v) is 17.3. The van der Waals surface area contributed by atoms with Crippen molar-refractivity contribution < 1.29 is 22.6 Å². The minimum Gasteiger partial charge on any atom is -0.493 e. The second-order valence-corrected chi connectivity index (χ2v) is 8.99. The Morgan fingerprint density at radius 1 is 1.08 bits per heavy atom. The van der Waals surface area contributed by atoms with Crippen LogP contribution >= 0.6 is 0 Å². The van der Waals surface area contributed by atoms with Gasteiger partial charge < -0.3 is 24.8 Å². The number of ether oxygens (including phenoxy) is 3. The first-order valence-electron chi connectivity index (χ1n) is 8.02. The molecule has 0 radical (unpaired) electrons. The molecule has 9 heteroatoms. The molecule has 0 heterocycles. The molecule has 0 aromatic heterocycles. The molecule has 0 aliphatic rings. The van der Waals surface area contributed by atoms with Crippen molar-refractivity contribution in [1.29, 1.82) is 0 Å². The van der Waals surface area contributed by atoms with Gasteiger partial charge in [-0.25, -0.2) is 8.42 Å². The normalized spacial score (nSPS) is 12.5. The molecule has 0 saturated carbocycles. The molecular formula is C17H29N3O5S. The molecule has 8 nitrogen and oxygen atoms in total. The van der Waals surface area contributed by atoms with E-state index in [2.05, 4.69) is 15.6 Å². The third kappa shape index (κ3) is 5.42. The number of nitrogens with zero attached hydrogens (tertiary/aromatic N) is 1. The monoisotopic (exact) mass is 387 g/mol. The van der Waals surface area contributed by atoms with Crippen LogP contribution in [-0.4, -0.2) is 60.3 Å². The van der Waals surface area contributed by atoms with Crippen LogP contribution in [0.3, 0.4) is 0 Å². The zero-order valence-electron chi connectivity index (χ0n) is 16.5. The zero-order chi connectivity index (χ0) is 20.0. The van der Waals surface area contributed by atoms with Crippen molar-refractivity contribution in [1.82, 2.24) is 10.6 Å². The summed E-state index contributed by atoms with van der Waals surface area (Å²) in [4.78, 5) is 4.12. The number of methoxy groups -OCH3 is 3. The molecule has 1 rings (SSSR count). The molecule has 0 spiro atoms. The topological polar surface area (TPSA) is 98.2 Å². The van der Waals surface area contributed by atoms with Crippen molar-refractivity contribution in [2.75, 3.05) is 41.2 Å². The average Bonchev–Trinajstić information content (AvgIpc) is 2.59. The molecule has 0 saturated heterocycles. The summed E-state index contributed by atoms with van der Waals surface area (Å²) >= 11 is 0. The summed E-state index contributed by atoms with van der Waals surface area (Å²) in [5.74, 6) is 2.14. The van der Waals surface area contributed by atoms with Gasteiger partial charge in [-0.05, 0) is 31.5 Å². The van der Waals surface area contributed by atoms with Crippen LogP contribution in [0.25, 0.3) is 0 Å². The molecular weight excluding hydrogens is 358 g/mol. The summed E-state index contributed by atoms with van der Waals surface area (Å²) in [5, 5.41) is 6.18. The highest BCUT2D eigenvalue weighted by Gasteiger charge is 2.30. The summed E-state index contributed by atoms with van der Waals surface area (Å²) in [6.07, 6.45) is 1.22. The van der Waals surface area contributed by atoms with E-state index in [1.165, 1.54) is 6.26 Å². The van der Waals surface area contributed by atoms with Crippen LogP contribution in [0.1, 0.15) is 19.4 Å². The van der Waals surface area contributed by atoms with Gasteiger partial charge in [0.05, 0.1) is 26.1 Å². The van der Waals surface area contributed by atoms with Gasteiger partial charge >= 0.3 is 0 Å². The lowest BCUT2D eigenvalue weighted by Crippen LogP contribution is -2.47. The molecule has 26 heavy (non-hydrogen) atoms. The highest BCUT2D eigenvalue weighted by atomic mass is 32.2. The number of guanidine groups is 1. The third-order valence-corrected chi connectivity index (χ3v) is 6.25. The van der Waals surface area contributed by atoms with Gasteiger partial charge in [-0.2, -0.15) is 0 Å². The number of hydrogen-bond donors (Lipinski definition) is 2. The first-order chi connectivity index (χ1) is 12.1. The summed E-state index contributed by atoms with van der Waals surface area (Å²) in [6.45, 7) is 4.01. The van der Waals surface area contributed by atoms with Crippen LogP contribution < -0.4 is 24.8 Å². The second kappa shape index (κ2) is 8.98.